The van der Waals surface area contributed by atoms with Crippen molar-refractivity contribution in [3.05, 3.63) is 23.7 Å². The van der Waals surface area contributed by atoms with E-state index >= 15 is 0 Å². The van der Waals surface area contributed by atoms with Crippen LogP contribution in [0.3, 0.4) is 0 Å². The standard InChI is InChI=1S/C12H14O6/c1-3-16-11(14)10(12(15)17-4-2)9-6-5-8(7-13)18-9/h5-7,10H,3-4H2,1-2H3. The zero-order chi connectivity index (χ0) is 13.5. The van der Waals surface area contributed by atoms with Gasteiger partial charge in [-0.15, -0.1) is 0 Å². The summed E-state index contributed by atoms with van der Waals surface area (Å²) >= 11 is 0. The van der Waals surface area contributed by atoms with Gasteiger partial charge in [-0.2, -0.15) is 0 Å². The van der Waals surface area contributed by atoms with Crippen LogP contribution >= 0.6 is 0 Å². The SMILES string of the molecule is CCOC(=O)C(C(=O)OCC)c1ccc(C=O)o1. The van der Waals surface area contributed by atoms with E-state index in [4.69, 9.17) is 13.9 Å². The third kappa shape index (κ3) is 3.19. The lowest BCUT2D eigenvalue weighted by molar-refractivity contribution is -0.157. The Labute approximate surface area is 104 Å². The first-order valence-electron chi connectivity index (χ1n) is 5.52. The van der Waals surface area contributed by atoms with Crippen molar-refractivity contribution in [3.8, 4) is 0 Å². The van der Waals surface area contributed by atoms with Gasteiger partial charge >= 0.3 is 11.9 Å². The molecule has 0 aliphatic heterocycles. The molecule has 0 saturated carbocycles. The van der Waals surface area contributed by atoms with Crippen molar-refractivity contribution in [1.29, 1.82) is 0 Å². The summed E-state index contributed by atoms with van der Waals surface area (Å²) in [4.78, 5) is 33.9. The van der Waals surface area contributed by atoms with Crippen LogP contribution < -0.4 is 0 Å². The minimum absolute atomic E-state index is 0.0311. The highest BCUT2D eigenvalue weighted by atomic mass is 16.6. The summed E-state index contributed by atoms with van der Waals surface area (Å²) in [6, 6.07) is 2.75. The van der Waals surface area contributed by atoms with Crippen LogP contribution in [0.25, 0.3) is 0 Å². The van der Waals surface area contributed by atoms with Crippen molar-refractivity contribution in [2.75, 3.05) is 13.2 Å². The van der Waals surface area contributed by atoms with Crippen molar-refractivity contribution in [3.63, 3.8) is 0 Å². The van der Waals surface area contributed by atoms with E-state index in [1.54, 1.807) is 13.8 Å². The number of hydrogen-bond acceptors (Lipinski definition) is 6. The van der Waals surface area contributed by atoms with Gasteiger partial charge in [-0.25, -0.2) is 0 Å². The monoisotopic (exact) mass is 254 g/mol. The molecule has 1 rings (SSSR count). The highest BCUT2D eigenvalue weighted by Gasteiger charge is 2.34. The summed E-state index contributed by atoms with van der Waals surface area (Å²) in [7, 11) is 0. The van der Waals surface area contributed by atoms with E-state index in [-0.39, 0.29) is 24.7 Å². The van der Waals surface area contributed by atoms with Crippen molar-refractivity contribution >= 4 is 18.2 Å². The summed E-state index contributed by atoms with van der Waals surface area (Å²) in [5, 5.41) is 0. The number of ether oxygens (including phenoxy) is 2. The maximum absolute atomic E-state index is 11.7. The number of esters is 2. The Morgan fingerprint density at radius 1 is 1.22 bits per heavy atom. The Morgan fingerprint density at radius 3 is 2.17 bits per heavy atom. The van der Waals surface area contributed by atoms with Gasteiger partial charge < -0.3 is 13.9 Å². The number of furan rings is 1. The van der Waals surface area contributed by atoms with Gasteiger partial charge in [0.2, 0.25) is 5.92 Å². The van der Waals surface area contributed by atoms with Crippen LogP contribution in [0, 0.1) is 0 Å². The van der Waals surface area contributed by atoms with Gasteiger partial charge in [0.05, 0.1) is 13.2 Å². The van der Waals surface area contributed by atoms with E-state index in [0.717, 1.165) is 0 Å². The number of carbonyl (C=O) groups is 3. The minimum Gasteiger partial charge on any atom is -0.465 e. The molecule has 0 spiro atoms. The van der Waals surface area contributed by atoms with Crippen LogP contribution in [0.1, 0.15) is 36.1 Å². The molecule has 98 valence electrons. The molecule has 1 aromatic heterocycles. The van der Waals surface area contributed by atoms with E-state index in [2.05, 4.69) is 0 Å². The van der Waals surface area contributed by atoms with Crippen LogP contribution in [0.4, 0.5) is 0 Å². The lowest BCUT2D eigenvalue weighted by Gasteiger charge is -2.11. The zero-order valence-corrected chi connectivity index (χ0v) is 10.2. The predicted molar refractivity (Wildman–Crippen MR) is 60.1 cm³/mol. The van der Waals surface area contributed by atoms with Gasteiger partial charge in [0.25, 0.3) is 0 Å². The third-order valence-electron chi connectivity index (χ3n) is 2.09. The van der Waals surface area contributed by atoms with Gasteiger partial charge in [0.15, 0.2) is 12.0 Å². The summed E-state index contributed by atoms with van der Waals surface area (Å²) in [6.45, 7) is 3.52. The average molecular weight is 254 g/mol. The normalized spacial score (nSPS) is 10.2. The molecule has 0 aromatic carbocycles. The average Bonchev–Trinajstić information content (AvgIpc) is 2.78. The van der Waals surface area contributed by atoms with Gasteiger partial charge in [-0.3, -0.25) is 14.4 Å². The Morgan fingerprint density at radius 2 is 1.78 bits per heavy atom. The number of rotatable bonds is 6. The topological polar surface area (TPSA) is 82.8 Å². The molecule has 0 aliphatic carbocycles. The Balaban J connectivity index is 2.99. The molecule has 0 radical (unpaired) electrons. The molecule has 18 heavy (non-hydrogen) atoms. The van der Waals surface area contributed by atoms with E-state index in [1.165, 1.54) is 12.1 Å². The number of aldehydes is 1. The fourth-order valence-electron chi connectivity index (χ4n) is 1.37. The van der Waals surface area contributed by atoms with Crippen LogP contribution in [0.5, 0.6) is 0 Å². The van der Waals surface area contributed by atoms with Gasteiger partial charge in [-0.1, -0.05) is 0 Å². The molecule has 0 bridgehead atoms. The van der Waals surface area contributed by atoms with Gasteiger partial charge in [0, 0.05) is 0 Å². The molecule has 0 N–H and O–H groups in total. The first kappa shape index (κ1) is 14.0. The van der Waals surface area contributed by atoms with Crippen LogP contribution in [-0.2, 0) is 19.1 Å². The van der Waals surface area contributed by atoms with Crippen LogP contribution in [-0.4, -0.2) is 31.4 Å². The second kappa shape index (κ2) is 6.58. The molecule has 0 saturated heterocycles. The molecule has 0 fully saturated rings. The third-order valence-corrected chi connectivity index (χ3v) is 2.09. The summed E-state index contributed by atoms with van der Waals surface area (Å²) < 4.78 is 14.6. The quantitative estimate of drug-likeness (QED) is 0.432. The lowest BCUT2D eigenvalue weighted by Crippen LogP contribution is -2.25. The molecule has 6 nitrogen and oxygen atoms in total. The van der Waals surface area contributed by atoms with Crippen molar-refractivity contribution in [2.45, 2.75) is 19.8 Å². The molecular weight excluding hydrogens is 240 g/mol. The Hall–Kier alpha value is -2.11. The predicted octanol–water partition coefficient (Wildman–Crippen LogP) is 1.30. The molecule has 6 heteroatoms. The Kier molecular flexibility index (Phi) is 5.10. The highest BCUT2D eigenvalue weighted by Crippen LogP contribution is 2.21. The fourth-order valence-corrected chi connectivity index (χ4v) is 1.37. The van der Waals surface area contributed by atoms with E-state index in [0.29, 0.717) is 6.29 Å². The van der Waals surface area contributed by atoms with Crippen LogP contribution in [0.2, 0.25) is 0 Å². The largest absolute Gasteiger partial charge is 0.465 e. The van der Waals surface area contributed by atoms with E-state index < -0.39 is 17.9 Å². The first-order chi connectivity index (χ1) is 8.63. The number of hydrogen-bond donors (Lipinski definition) is 0. The smallest absolute Gasteiger partial charge is 0.328 e. The molecule has 1 aromatic rings. The molecule has 1 heterocycles. The van der Waals surface area contributed by atoms with Gasteiger partial charge in [-0.05, 0) is 26.0 Å². The molecule has 0 atom stereocenters. The Bertz CT molecular complexity index is 416. The second-order valence-electron chi connectivity index (χ2n) is 3.30. The second-order valence-corrected chi connectivity index (χ2v) is 3.30. The fraction of sp³-hybridized carbons (Fsp3) is 0.417. The lowest BCUT2D eigenvalue weighted by atomic mass is 10.1. The summed E-state index contributed by atoms with van der Waals surface area (Å²) in [6.07, 6.45) is 0.483. The maximum atomic E-state index is 11.7. The van der Waals surface area contributed by atoms with Crippen molar-refractivity contribution in [1.82, 2.24) is 0 Å². The number of carbonyl (C=O) groups excluding carboxylic acids is 3. The zero-order valence-electron chi connectivity index (χ0n) is 10.2. The first-order valence-corrected chi connectivity index (χ1v) is 5.52. The minimum atomic E-state index is -1.29. The summed E-state index contributed by atoms with van der Waals surface area (Å²) in [5.41, 5.74) is 0. The van der Waals surface area contributed by atoms with Crippen molar-refractivity contribution in [2.24, 2.45) is 0 Å². The summed E-state index contributed by atoms with van der Waals surface area (Å²) in [5.74, 6) is -2.75. The van der Waals surface area contributed by atoms with E-state index in [1.807, 2.05) is 0 Å². The molecule has 0 unspecified atom stereocenters. The highest BCUT2D eigenvalue weighted by molar-refractivity contribution is 6.00. The molecule has 0 amide bonds. The van der Waals surface area contributed by atoms with E-state index in [9.17, 15) is 14.4 Å². The maximum Gasteiger partial charge on any atom is 0.328 e. The van der Waals surface area contributed by atoms with Gasteiger partial charge in [0.1, 0.15) is 5.76 Å². The molecular formula is C12H14O6. The molecule has 0 aliphatic rings. The van der Waals surface area contributed by atoms with Crippen molar-refractivity contribution < 1.29 is 28.3 Å². The van der Waals surface area contributed by atoms with Crippen LogP contribution in [0.15, 0.2) is 16.5 Å².